The van der Waals surface area contributed by atoms with Crippen LogP contribution in [-0.4, -0.2) is 24.4 Å². The molecule has 0 saturated heterocycles. The zero-order valence-electron chi connectivity index (χ0n) is 18.4. The van der Waals surface area contributed by atoms with Gasteiger partial charge in [-0.2, -0.15) is 0 Å². The first-order valence-corrected chi connectivity index (χ1v) is 10.4. The topological polar surface area (TPSA) is 58.5 Å². The fourth-order valence-corrected chi connectivity index (χ4v) is 3.45. The number of nitrogens with one attached hydrogen (secondary N) is 1. The predicted octanol–water partition coefficient (Wildman–Crippen LogP) is 5.95. The first-order chi connectivity index (χ1) is 14.2. The minimum atomic E-state index is -0.535. The number of Topliss-reactive ketones (excluding diaryl/α,β-unsaturated/α-hetero) is 1. The molecule has 0 saturated carbocycles. The molecular formula is C25H31FN2O2. The van der Waals surface area contributed by atoms with Gasteiger partial charge >= 0.3 is 0 Å². The fraction of sp³-hybridized carbons (Fsp3) is 0.400. The van der Waals surface area contributed by atoms with Crippen LogP contribution in [0.25, 0.3) is 0 Å². The average molecular weight is 411 g/mol. The normalized spacial score (nSPS) is 15.6. The number of hydrogen-bond acceptors (Lipinski definition) is 3. The molecule has 0 bridgehead atoms. The molecule has 1 N–H and O–H groups in total. The quantitative estimate of drug-likeness (QED) is 0.343. The number of amides is 1. The van der Waals surface area contributed by atoms with Gasteiger partial charge in [0.2, 0.25) is 0 Å². The summed E-state index contributed by atoms with van der Waals surface area (Å²) < 4.78 is 14.4. The van der Waals surface area contributed by atoms with Crippen molar-refractivity contribution >= 4 is 23.1 Å². The van der Waals surface area contributed by atoms with Gasteiger partial charge in [0.05, 0.1) is 11.4 Å². The summed E-state index contributed by atoms with van der Waals surface area (Å²) in [6.07, 6.45) is 7.74. The lowest BCUT2D eigenvalue weighted by Gasteiger charge is -2.13. The number of hydrogen-bond donors (Lipinski definition) is 1. The molecule has 30 heavy (non-hydrogen) atoms. The lowest BCUT2D eigenvalue weighted by molar-refractivity contribution is -0.114. The Bertz CT molecular complexity index is 938. The van der Waals surface area contributed by atoms with Crippen molar-refractivity contribution in [1.82, 2.24) is 0 Å². The van der Waals surface area contributed by atoms with Crippen LogP contribution in [0.3, 0.4) is 0 Å². The minimum absolute atomic E-state index is 0.0637. The van der Waals surface area contributed by atoms with Crippen molar-refractivity contribution in [3.05, 3.63) is 64.5 Å². The van der Waals surface area contributed by atoms with Crippen molar-refractivity contribution in [2.45, 2.75) is 59.3 Å². The minimum Gasteiger partial charge on any atom is -0.320 e. The second-order valence-electron chi connectivity index (χ2n) is 7.87. The van der Waals surface area contributed by atoms with Crippen molar-refractivity contribution in [1.29, 1.82) is 0 Å². The Hall–Kier alpha value is -2.82. The summed E-state index contributed by atoms with van der Waals surface area (Å²) in [5.74, 6) is -0.986. The molecule has 1 amide bonds. The molecule has 1 aromatic carbocycles. The lowest BCUT2D eigenvalue weighted by atomic mass is 9.97. The number of benzene rings is 1. The van der Waals surface area contributed by atoms with Crippen LogP contribution in [0, 0.1) is 5.82 Å². The lowest BCUT2D eigenvalue weighted by Crippen LogP contribution is -2.16. The summed E-state index contributed by atoms with van der Waals surface area (Å²) >= 11 is 0. The zero-order valence-corrected chi connectivity index (χ0v) is 18.4. The van der Waals surface area contributed by atoms with Crippen molar-refractivity contribution < 1.29 is 14.0 Å². The van der Waals surface area contributed by atoms with Gasteiger partial charge in [-0.25, -0.2) is 4.39 Å². The third-order valence-corrected chi connectivity index (χ3v) is 5.54. The predicted molar refractivity (Wildman–Crippen MR) is 121 cm³/mol. The maximum Gasteiger partial charge on any atom is 0.251 e. The second-order valence-corrected chi connectivity index (χ2v) is 7.87. The van der Waals surface area contributed by atoms with E-state index >= 15 is 0 Å². The van der Waals surface area contributed by atoms with Crippen molar-refractivity contribution in [2.24, 2.45) is 4.99 Å². The van der Waals surface area contributed by atoms with Gasteiger partial charge in [0.15, 0.2) is 5.78 Å². The summed E-state index contributed by atoms with van der Waals surface area (Å²) in [5, 5.41) is 2.65. The van der Waals surface area contributed by atoms with E-state index in [-0.39, 0.29) is 17.4 Å². The Kier molecular flexibility index (Phi) is 8.46. The number of nitrogens with zero attached hydrogens (tertiary/aromatic N) is 1. The van der Waals surface area contributed by atoms with Gasteiger partial charge in [-0.15, -0.1) is 0 Å². The average Bonchev–Trinajstić information content (AvgIpc) is 2.91. The molecule has 2 rings (SSSR count). The molecule has 0 heterocycles. The van der Waals surface area contributed by atoms with E-state index in [4.69, 9.17) is 0 Å². The largest absolute Gasteiger partial charge is 0.320 e. The highest BCUT2D eigenvalue weighted by Crippen LogP contribution is 2.28. The zero-order chi connectivity index (χ0) is 22.3. The molecular weight excluding hydrogens is 379 g/mol. The fourth-order valence-electron chi connectivity index (χ4n) is 3.45. The Morgan fingerprint density at radius 2 is 1.90 bits per heavy atom. The van der Waals surface area contributed by atoms with Crippen LogP contribution in [0.15, 0.2) is 58.1 Å². The van der Waals surface area contributed by atoms with E-state index in [0.717, 1.165) is 19.3 Å². The number of carbonyl (C=O) groups excluding carboxylic acids is 2. The van der Waals surface area contributed by atoms with Crippen LogP contribution < -0.4 is 5.32 Å². The maximum absolute atomic E-state index is 14.4. The SMILES string of the molecule is C=C(CC1=C(C)CCCCC1)C(=O)Nc1cc(C(/C=C(/C)C(C)=O)=N/C)ccc1F. The third kappa shape index (κ3) is 6.34. The van der Waals surface area contributed by atoms with Crippen molar-refractivity contribution in [3.8, 4) is 0 Å². The first-order valence-electron chi connectivity index (χ1n) is 10.4. The summed E-state index contributed by atoms with van der Waals surface area (Å²) in [5.41, 5.74) is 4.80. The van der Waals surface area contributed by atoms with E-state index in [0.29, 0.717) is 28.8 Å². The number of aliphatic imine (C=N–C) groups is 1. The Morgan fingerprint density at radius 1 is 1.20 bits per heavy atom. The highest BCUT2D eigenvalue weighted by atomic mass is 19.1. The van der Waals surface area contributed by atoms with Gasteiger partial charge in [0.25, 0.3) is 5.91 Å². The molecule has 1 aromatic rings. The molecule has 0 aliphatic heterocycles. The summed E-state index contributed by atoms with van der Waals surface area (Å²) in [7, 11) is 1.60. The molecule has 160 valence electrons. The molecule has 0 aromatic heterocycles. The highest BCUT2D eigenvalue weighted by Gasteiger charge is 2.16. The molecule has 0 atom stereocenters. The number of carbonyl (C=O) groups is 2. The molecule has 0 fully saturated rings. The van der Waals surface area contributed by atoms with E-state index in [1.807, 2.05) is 0 Å². The van der Waals surface area contributed by atoms with E-state index in [1.54, 1.807) is 26.1 Å². The summed E-state index contributed by atoms with van der Waals surface area (Å²) in [6.45, 7) is 9.24. The van der Waals surface area contributed by atoms with Gasteiger partial charge in [-0.1, -0.05) is 24.1 Å². The molecule has 5 heteroatoms. The van der Waals surface area contributed by atoms with Crippen LogP contribution in [0.1, 0.15) is 64.9 Å². The van der Waals surface area contributed by atoms with Crippen LogP contribution in [-0.2, 0) is 9.59 Å². The highest BCUT2D eigenvalue weighted by molar-refractivity contribution is 6.13. The molecule has 0 unspecified atom stereocenters. The molecule has 1 aliphatic rings. The second kappa shape index (κ2) is 10.8. The summed E-state index contributed by atoms with van der Waals surface area (Å²) in [4.78, 5) is 28.4. The number of halogens is 1. The Labute approximate surface area is 178 Å². The van der Waals surface area contributed by atoms with Gasteiger partial charge in [0, 0.05) is 18.2 Å². The Balaban J connectivity index is 2.18. The van der Waals surface area contributed by atoms with Gasteiger partial charge in [-0.05, 0) is 82.7 Å². The standard InChI is InChI=1S/C25H31FN2O2/c1-16-9-7-6-8-10-20(16)13-18(3)25(30)28-24-15-21(11-12-22(24)26)23(27-5)14-17(2)19(4)29/h11-12,14-15H,3,6-10,13H2,1-2,4-5H3,(H,28,30)/b17-14-,27-23+. The van der Waals surface area contributed by atoms with E-state index in [1.165, 1.54) is 43.0 Å². The molecule has 4 nitrogen and oxygen atoms in total. The first kappa shape index (κ1) is 23.5. The van der Waals surface area contributed by atoms with Gasteiger partial charge < -0.3 is 5.32 Å². The molecule has 1 aliphatic carbocycles. The van der Waals surface area contributed by atoms with Crippen LogP contribution in [0.4, 0.5) is 10.1 Å². The Morgan fingerprint density at radius 3 is 2.57 bits per heavy atom. The summed E-state index contributed by atoms with van der Waals surface area (Å²) in [6, 6.07) is 4.39. The van der Waals surface area contributed by atoms with Crippen LogP contribution >= 0.6 is 0 Å². The van der Waals surface area contributed by atoms with E-state index in [9.17, 15) is 14.0 Å². The van der Waals surface area contributed by atoms with Crippen molar-refractivity contribution in [3.63, 3.8) is 0 Å². The number of anilines is 1. The van der Waals surface area contributed by atoms with Crippen LogP contribution in [0.2, 0.25) is 0 Å². The van der Waals surface area contributed by atoms with Crippen molar-refractivity contribution in [2.75, 3.05) is 12.4 Å². The number of ketones is 1. The van der Waals surface area contributed by atoms with E-state index in [2.05, 4.69) is 23.8 Å². The monoisotopic (exact) mass is 410 g/mol. The third-order valence-electron chi connectivity index (χ3n) is 5.54. The number of rotatable bonds is 7. The molecule has 0 spiro atoms. The smallest absolute Gasteiger partial charge is 0.251 e. The maximum atomic E-state index is 14.4. The number of allylic oxidation sites excluding steroid dienone is 4. The van der Waals surface area contributed by atoms with E-state index < -0.39 is 5.82 Å². The molecule has 0 radical (unpaired) electrons. The van der Waals surface area contributed by atoms with Crippen LogP contribution in [0.5, 0.6) is 0 Å². The van der Waals surface area contributed by atoms with Gasteiger partial charge in [0.1, 0.15) is 5.82 Å². The van der Waals surface area contributed by atoms with Gasteiger partial charge in [-0.3, -0.25) is 14.6 Å².